The molecule has 0 aromatic heterocycles. The van der Waals surface area contributed by atoms with Gasteiger partial charge in [0.15, 0.2) is 0 Å². The molecule has 0 saturated carbocycles. The summed E-state index contributed by atoms with van der Waals surface area (Å²) in [5, 5.41) is 0.0106. The van der Waals surface area contributed by atoms with Gasteiger partial charge in [0, 0.05) is 5.56 Å². The van der Waals surface area contributed by atoms with E-state index in [0.29, 0.717) is 23.8 Å². The number of halogens is 2. The first kappa shape index (κ1) is 9.20. The Labute approximate surface area is 75.2 Å². The number of benzene rings is 1. The lowest BCUT2D eigenvalue weighted by molar-refractivity contribution is 0.112. The number of hydrogen-bond donors (Lipinski definition) is 0. The van der Waals surface area contributed by atoms with E-state index in [-0.39, 0.29) is 5.02 Å². The third-order valence-corrected chi connectivity index (χ3v) is 1.92. The number of carbonyl (C=O) groups excluding carboxylic acids is 1. The van der Waals surface area contributed by atoms with Gasteiger partial charge in [-0.25, -0.2) is 4.39 Å². The summed E-state index contributed by atoms with van der Waals surface area (Å²) in [5.41, 5.74) is 0.892. The topological polar surface area (TPSA) is 17.1 Å². The first-order valence-corrected chi connectivity index (χ1v) is 4.00. The van der Waals surface area contributed by atoms with Gasteiger partial charge >= 0.3 is 0 Å². The van der Waals surface area contributed by atoms with Crippen LogP contribution in [0.25, 0.3) is 0 Å². The molecule has 1 rings (SSSR count). The molecule has 0 saturated heterocycles. The lowest BCUT2D eigenvalue weighted by Crippen LogP contribution is -1.92. The van der Waals surface area contributed by atoms with Crippen LogP contribution >= 0.6 is 11.6 Å². The molecule has 0 unspecified atom stereocenters. The van der Waals surface area contributed by atoms with Gasteiger partial charge in [-0.1, -0.05) is 18.5 Å². The number of hydrogen-bond acceptors (Lipinski definition) is 1. The summed E-state index contributed by atoms with van der Waals surface area (Å²) in [5.74, 6) is -0.426. The Balaban J connectivity index is 3.28. The maximum absolute atomic E-state index is 13.1. The first-order chi connectivity index (χ1) is 5.69. The van der Waals surface area contributed by atoms with E-state index < -0.39 is 5.82 Å². The van der Waals surface area contributed by atoms with E-state index in [9.17, 15) is 9.18 Å². The zero-order valence-electron chi connectivity index (χ0n) is 6.60. The summed E-state index contributed by atoms with van der Waals surface area (Å²) >= 11 is 5.54. The van der Waals surface area contributed by atoms with Gasteiger partial charge in [0.2, 0.25) is 0 Å². The highest BCUT2D eigenvalue weighted by atomic mass is 35.5. The Bertz CT molecular complexity index is 310. The summed E-state index contributed by atoms with van der Waals surface area (Å²) in [6.45, 7) is 1.81. The van der Waals surface area contributed by atoms with Gasteiger partial charge in [-0.05, 0) is 24.1 Å². The predicted octanol–water partition coefficient (Wildman–Crippen LogP) is 2.85. The summed E-state index contributed by atoms with van der Waals surface area (Å²) in [6, 6.07) is 2.83. The van der Waals surface area contributed by atoms with E-state index >= 15 is 0 Å². The maximum Gasteiger partial charge on any atom is 0.150 e. The van der Waals surface area contributed by atoms with Crippen molar-refractivity contribution in [1.82, 2.24) is 0 Å². The summed E-state index contributed by atoms with van der Waals surface area (Å²) in [4.78, 5) is 10.4. The molecule has 0 bridgehead atoms. The van der Waals surface area contributed by atoms with Gasteiger partial charge < -0.3 is 0 Å². The molecule has 64 valence electrons. The zero-order valence-corrected chi connectivity index (χ0v) is 7.36. The molecule has 1 aromatic carbocycles. The van der Waals surface area contributed by atoms with Crippen molar-refractivity contribution in [2.45, 2.75) is 13.3 Å². The van der Waals surface area contributed by atoms with Gasteiger partial charge in [-0.2, -0.15) is 0 Å². The van der Waals surface area contributed by atoms with E-state index in [1.165, 1.54) is 12.1 Å². The Morgan fingerprint density at radius 2 is 2.25 bits per heavy atom. The SMILES string of the molecule is CCc1cc(C=O)cc(Cl)c1F. The van der Waals surface area contributed by atoms with E-state index in [0.717, 1.165) is 0 Å². The normalized spacial score (nSPS) is 9.92. The van der Waals surface area contributed by atoms with Crippen LogP contribution in [0.5, 0.6) is 0 Å². The molecule has 3 heteroatoms. The van der Waals surface area contributed by atoms with Crippen molar-refractivity contribution in [2.24, 2.45) is 0 Å². The van der Waals surface area contributed by atoms with E-state index in [4.69, 9.17) is 11.6 Å². The van der Waals surface area contributed by atoms with Crippen LogP contribution < -0.4 is 0 Å². The summed E-state index contributed by atoms with van der Waals surface area (Å²) in [6.07, 6.45) is 1.19. The third-order valence-electron chi connectivity index (χ3n) is 1.64. The van der Waals surface area contributed by atoms with Gasteiger partial charge in [0.25, 0.3) is 0 Å². The first-order valence-electron chi connectivity index (χ1n) is 3.62. The molecule has 0 N–H and O–H groups in total. The van der Waals surface area contributed by atoms with Crippen molar-refractivity contribution < 1.29 is 9.18 Å². The molecule has 1 nitrogen and oxygen atoms in total. The Morgan fingerprint density at radius 1 is 1.58 bits per heavy atom. The van der Waals surface area contributed by atoms with E-state index in [1.54, 1.807) is 0 Å². The highest BCUT2D eigenvalue weighted by molar-refractivity contribution is 6.31. The Kier molecular flexibility index (Phi) is 2.82. The van der Waals surface area contributed by atoms with Crippen molar-refractivity contribution in [3.8, 4) is 0 Å². The van der Waals surface area contributed by atoms with Crippen molar-refractivity contribution in [3.05, 3.63) is 34.1 Å². The maximum atomic E-state index is 13.1. The highest BCUT2D eigenvalue weighted by Gasteiger charge is 2.06. The molecule has 0 aliphatic rings. The molecule has 0 aliphatic heterocycles. The lowest BCUT2D eigenvalue weighted by Gasteiger charge is -2.02. The fourth-order valence-corrected chi connectivity index (χ4v) is 1.24. The number of carbonyl (C=O) groups is 1. The third kappa shape index (κ3) is 1.64. The summed E-state index contributed by atoms with van der Waals surface area (Å²) < 4.78 is 13.1. The molecule has 0 heterocycles. The molecule has 0 aliphatic carbocycles. The molecule has 0 atom stereocenters. The van der Waals surface area contributed by atoms with Crippen LogP contribution in [-0.4, -0.2) is 6.29 Å². The zero-order chi connectivity index (χ0) is 9.14. The second kappa shape index (κ2) is 3.68. The summed E-state index contributed by atoms with van der Waals surface area (Å²) in [7, 11) is 0. The van der Waals surface area contributed by atoms with Crippen LogP contribution in [0.2, 0.25) is 5.02 Å². The standard InChI is InChI=1S/C9H8ClFO/c1-2-7-3-6(5-12)4-8(10)9(7)11/h3-5H,2H2,1H3. The van der Waals surface area contributed by atoms with Crippen LogP contribution in [0.15, 0.2) is 12.1 Å². The molecule has 0 amide bonds. The average molecular weight is 187 g/mol. The lowest BCUT2D eigenvalue weighted by atomic mass is 10.1. The van der Waals surface area contributed by atoms with Gasteiger partial charge in [-0.3, -0.25) is 4.79 Å². The van der Waals surface area contributed by atoms with Crippen LogP contribution in [0, 0.1) is 5.82 Å². The smallest absolute Gasteiger partial charge is 0.150 e. The molecular weight excluding hydrogens is 179 g/mol. The number of aryl methyl sites for hydroxylation is 1. The van der Waals surface area contributed by atoms with E-state index in [2.05, 4.69) is 0 Å². The minimum Gasteiger partial charge on any atom is -0.298 e. The fraction of sp³-hybridized carbons (Fsp3) is 0.222. The monoisotopic (exact) mass is 186 g/mol. The molecule has 12 heavy (non-hydrogen) atoms. The number of rotatable bonds is 2. The van der Waals surface area contributed by atoms with Crippen LogP contribution in [0.3, 0.4) is 0 Å². The quantitative estimate of drug-likeness (QED) is 0.650. The van der Waals surface area contributed by atoms with Gasteiger partial charge in [0.05, 0.1) is 5.02 Å². The van der Waals surface area contributed by atoms with Crippen molar-refractivity contribution in [2.75, 3.05) is 0 Å². The highest BCUT2D eigenvalue weighted by Crippen LogP contribution is 2.20. The molecule has 0 spiro atoms. The predicted molar refractivity (Wildman–Crippen MR) is 46.2 cm³/mol. The molecule has 0 fully saturated rings. The van der Waals surface area contributed by atoms with Gasteiger partial charge in [-0.15, -0.1) is 0 Å². The van der Waals surface area contributed by atoms with Crippen LogP contribution in [0.4, 0.5) is 4.39 Å². The Hall–Kier alpha value is -0.890. The second-order valence-electron chi connectivity index (χ2n) is 2.45. The fourth-order valence-electron chi connectivity index (χ4n) is 0.995. The average Bonchev–Trinajstić information content (AvgIpc) is 2.09. The largest absolute Gasteiger partial charge is 0.298 e. The Morgan fingerprint density at radius 3 is 2.75 bits per heavy atom. The van der Waals surface area contributed by atoms with Crippen molar-refractivity contribution in [3.63, 3.8) is 0 Å². The van der Waals surface area contributed by atoms with Crippen molar-refractivity contribution in [1.29, 1.82) is 0 Å². The van der Waals surface area contributed by atoms with Gasteiger partial charge in [0.1, 0.15) is 12.1 Å². The molecular formula is C9H8ClFO. The second-order valence-corrected chi connectivity index (χ2v) is 2.85. The molecule has 1 aromatic rings. The van der Waals surface area contributed by atoms with Crippen LogP contribution in [0.1, 0.15) is 22.8 Å². The van der Waals surface area contributed by atoms with Crippen molar-refractivity contribution >= 4 is 17.9 Å². The minimum atomic E-state index is -0.426. The minimum absolute atomic E-state index is 0.0106. The van der Waals surface area contributed by atoms with E-state index in [1.807, 2.05) is 6.92 Å². The molecule has 0 radical (unpaired) electrons. The number of aldehydes is 1. The van der Waals surface area contributed by atoms with Crippen LogP contribution in [-0.2, 0) is 6.42 Å².